The van der Waals surface area contributed by atoms with Crippen molar-refractivity contribution in [3.8, 4) is 0 Å². The summed E-state index contributed by atoms with van der Waals surface area (Å²) >= 11 is 0. The maximum absolute atomic E-state index is 12.6. The van der Waals surface area contributed by atoms with Crippen LogP contribution in [0.1, 0.15) is 33.3 Å². The number of rotatable bonds is 0. The molecule has 2 aliphatic rings. The van der Waals surface area contributed by atoms with Gasteiger partial charge in [0.25, 0.3) is 0 Å². The van der Waals surface area contributed by atoms with Gasteiger partial charge in [0.15, 0.2) is 5.82 Å². The molecule has 6 nitrogen and oxygen atoms in total. The lowest BCUT2D eigenvalue weighted by Gasteiger charge is -2.36. The van der Waals surface area contributed by atoms with Crippen LogP contribution in [-0.4, -0.2) is 26.4 Å². The molecule has 21 heavy (non-hydrogen) atoms. The van der Waals surface area contributed by atoms with Crippen molar-refractivity contribution in [3.63, 3.8) is 0 Å². The highest BCUT2D eigenvalue weighted by Gasteiger charge is 2.57. The number of hydroxylamine groups is 4. The molecular formula is C15H19N4O2. The van der Waals surface area contributed by atoms with Gasteiger partial charge in [0, 0.05) is 0 Å². The van der Waals surface area contributed by atoms with Gasteiger partial charge in [0.2, 0.25) is 5.82 Å². The molecule has 0 atom stereocenters. The van der Waals surface area contributed by atoms with E-state index in [-0.39, 0.29) is 11.6 Å². The van der Waals surface area contributed by atoms with E-state index in [0.717, 1.165) is 21.0 Å². The van der Waals surface area contributed by atoms with Crippen molar-refractivity contribution >= 4 is 0 Å². The summed E-state index contributed by atoms with van der Waals surface area (Å²) in [5.41, 5.74) is -0.460. The van der Waals surface area contributed by atoms with Gasteiger partial charge in [-0.25, -0.2) is 15.0 Å². The SMILES string of the molecule is Cc1ccc2c(c1)=N/C(=C1\N([O])C(C)(C)C(C)(C)N1O)N=2. The highest BCUT2D eigenvalue weighted by atomic mass is 16.6. The summed E-state index contributed by atoms with van der Waals surface area (Å²) in [5.74, 6) is 0.352. The smallest absolute Gasteiger partial charge is 0.202 e. The van der Waals surface area contributed by atoms with E-state index in [0.29, 0.717) is 5.36 Å². The molecule has 0 spiro atoms. The Hall–Kier alpha value is -1.92. The second-order valence-electron chi connectivity index (χ2n) is 6.59. The van der Waals surface area contributed by atoms with Crippen molar-refractivity contribution in [1.29, 1.82) is 0 Å². The fourth-order valence-corrected chi connectivity index (χ4v) is 2.48. The van der Waals surface area contributed by atoms with E-state index in [2.05, 4.69) is 9.98 Å². The number of aryl methyl sites for hydroxylation is 1. The number of nitrogens with zero attached hydrogens (tertiary/aromatic N) is 4. The van der Waals surface area contributed by atoms with E-state index in [1.165, 1.54) is 0 Å². The van der Waals surface area contributed by atoms with Crippen molar-refractivity contribution in [2.75, 3.05) is 0 Å². The second-order valence-corrected chi connectivity index (χ2v) is 6.59. The third-order valence-corrected chi connectivity index (χ3v) is 4.71. The molecule has 2 aliphatic heterocycles. The molecule has 0 amide bonds. The Morgan fingerprint density at radius 3 is 2.24 bits per heavy atom. The van der Waals surface area contributed by atoms with Gasteiger partial charge in [-0.1, -0.05) is 11.3 Å². The summed E-state index contributed by atoms with van der Waals surface area (Å²) in [6.07, 6.45) is 0. The molecule has 1 aromatic carbocycles. The molecule has 111 valence electrons. The first-order valence-corrected chi connectivity index (χ1v) is 6.91. The van der Waals surface area contributed by atoms with Gasteiger partial charge in [-0.3, -0.25) is 5.21 Å². The molecule has 0 aromatic heterocycles. The lowest BCUT2D eigenvalue weighted by Crippen LogP contribution is -2.52. The minimum absolute atomic E-state index is 0.0962. The molecule has 0 saturated carbocycles. The van der Waals surface area contributed by atoms with E-state index in [1.807, 2.05) is 39.0 Å². The molecule has 1 aromatic rings. The van der Waals surface area contributed by atoms with Crippen LogP contribution in [-0.2, 0) is 5.21 Å². The Morgan fingerprint density at radius 2 is 1.67 bits per heavy atom. The summed E-state index contributed by atoms with van der Waals surface area (Å²) in [6, 6.07) is 5.72. The molecule has 1 fully saturated rings. The number of hydrogen-bond acceptors (Lipinski definition) is 5. The van der Waals surface area contributed by atoms with Crippen LogP contribution in [0.15, 0.2) is 39.8 Å². The van der Waals surface area contributed by atoms with E-state index in [9.17, 15) is 10.4 Å². The van der Waals surface area contributed by atoms with Gasteiger partial charge >= 0.3 is 0 Å². The third kappa shape index (κ3) is 1.72. The van der Waals surface area contributed by atoms with E-state index < -0.39 is 11.1 Å². The predicted molar refractivity (Wildman–Crippen MR) is 74.8 cm³/mol. The van der Waals surface area contributed by atoms with Gasteiger partial charge < -0.3 is 0 Å². The molecule has 0 bridgehead atoms. The highest BCUT2D eigenvalue weighted by molar-refractivity contribution is 5.25. The predicted octanol–water partition coefficient (Wildman–Crippen LogP) is 1.28. The maximum atomic E-state index is 12.6. The summed E-state index contributed by atoms with van der Waals surface area (Å²) in [5, 5.41) is 26.3. The average Bonchev–Trinajstić information content (AvgIpc) is 2.84. The fourth-order valence-electron chi connectivity index (χ4n) is 2.48. The first-order valence-electron chi connectivity index (χ1n) is 6.91. The van der Waals surface area contributed by atoms with Gasteiger partial charge in [-0.15, -0.1) is 0 Å². The van der Waals surface area contributed by atoms with Crippen molar-refractivity contribution in [2.45, 2.75) is 45.7 Å². The summed E-state index contributed by atoms with van der Waals surface area (Å²) in [6.45, 7) is 9.20. The molecule has 1 N–H and O–H groups in total. The van der Waals surface area contributed by atoms with Crippen molar-refractivity contribution in [2.24, 2.45) is 9.98 Å². The molecule has 0 aliphatic carbocycles. The standard InChI is InChI=1S/C15H19N4O2/c1-9-6-7-10-11(8-9)17-12(16-10)13-18(20)14(2,3)15(4,5)19(13)21/h6-8,20H,1-5H3/b13-12-. The quantitative estimate of drug-likeness (QED) is 0.781. The van der Waals surface area contributed by atoms with Gasteiger partial charge in [0.05, 0.1) is 21.8 Å². The molecular weight excluding hydrogens is 268 g/mol. The van der Waals surface area contributed by atoms with E-state index in [1.54, 1.807) is 13.8 Å². The Morgan fingerprint density at radius 1 is 1.05 bits per heavy atom. The highest BCUT2D eigenvalue weighted by Crippen LogP contribution is 2.44. The lowest BCUT2D eigenvalue weighted by molar-refractivity contribution is -0.182. The van der Waals surface area contributed by atoms with Crippen molar-refractivity contribution < 1.29 is 10.4 Å². The Balaban J connectivity index is 2.22. The molecule has 3 rings (SSSR count). The first-order chi connectivity index (χ1) is 9.66. The topological polar surface area (TPSA) is 71.3 Å². The Bertz CT molecular complexity index is 742. The minimum Gasteiger partial charge on any atom is -0.286 e. The minimum atomic E-state index is -0.792. The largest absolute Gasteiger partial charge is 0.286 e. The zero-order chi connectivity index (χ0) is 15.6. The zero-order valence-electron chi connectivity index (χ0n) is 12.9. The van der Waals surface area contributed by atoms with Crippen LogP contribution in [0.3, 0.4) is 0 Å². The van der Waals surface area contributed by atoms with Crippen LogP contribution in [0.25, 0.3) is 0 Å². The van der Waals surface area contributed by atoms with Crippen LogP contribution in [0.2, 0.25) is 0 Å². The van der Waals surface area contributed by atoms with Crippen LogP contribution in [0, 0.1) is 6.92 Å². The molecule has 0 unspecified atom stereocenters. The van der Waals surface area contributed by atoms with E-state index in [4.69, 9.17) is 0 Å². The van der Waals surface area contributed by atoms with Crippen LogP contribution < -0.4 is 10.7 Å². The van der Waals surface area contributed by atoms with Crippen LogP contribution in [0.5, 0.6) is 0 Å². The number of benzene rings is 1. The molecule has 6 heteroatoms. The monoisotopic (exact) mass is 287 g/mol. The summed E-state index contributed by atoms with van der Waals surface area (Å²) in [7, 11) is 0. The van der Waals surface area contributed by atoms with Gasteiger partial charge in [-0.2, -0.15) is 5.06 Å². The van der Waals surface area contributed by atoms with Gasteiger partial charge in [-0.05, 0) is 52.3 Å². The van der Waals surface area contributed by atoms with Crippen molar-refractivity contribution in [3.05, 3.63) is 46.1 Å². The molecule has 2 heterocycles. The first kappa shape index (κ1) is 14.0. The number of hydrogen-bond donors (Lipinski definition) is 1. The van der Waals surface area contributed by atoms with E-state index >= 15 is 0 Å². The number of fused-ring (bicyclic) bond motifs is 1. The average molecular weight is 287 g/mol. The molecule has 1 saturated heterocycles. The Labute approximate surface area is 123 Å². The zero-order valence-corrected chi connectivity index (χ0v) is 12.9. The van der Waals surface area contributed by atoms with Crippen LogP contribution >= 0.6 is 0 Å². The summed E-state index contributed by atoms with van der Waals surface area (Å²) < 4.78 is 0. The maximum Gasteiger partial charge on any atom is 0.202 e. The normalized spacial score (nSPS) is 25.7. The fraction of sp³-hybridized carbons (Fsp3) is 0.467. The molecule has 1 radical (unpaired) electrons. The summed E-state index contributed by atoms with van der Waals surface area (Å²) in [4.78, 5) is 8.77. The Kier molecular flexibility index (Phi) is 2.71. The van der Waals surface area contributed by atoms with Crippen molar-refractivity contribution in [1.82, 2.24) is 10.1 Å². The lowest BCUT2D eigenvalue weighted by atomic mass is 9.84. The second kappa shape index (κ2) is 4.05. The third-order valence-electron chi connectivity index (χ3n) is 4.71. The van der Waals surface area contributed by atoms with Crippen LogP contribution in [0.4, 0.5) is 0 Å². The van der Waals surface area contributed by atoms with Gasteiger partial charge in [0.1, 0.15) is 0 Å².